The fraction of sp³-hybridized carbons (Fsp3) is 0.263. The minimum absolute atomic E-state index is 0.236. The summed E-state index contributed by atoms with van der Waals surface area (Å²) in [6.45, 7) is 1.72. The van der Waals surface area contributed by atoms with Gasteiger partial charge in [0.1, 0.15) is 5.82 Å². The minimum atomic E-state index is -1.02. The predicted molar refractivity (Wildman–Crippen MR) is 93.9 cm³/mol. The predicted octanol–water partition coefficient (Wildman–Crippen LogP) is 3.99. The first kappa shape index (κ1) is 18.9. The molecule has 2 aromatic carbocycles. The van der Waals surface area contributed by atoms with E-state index in [0.29, 0.717) is 22.6 Å². The molecule has 0 radical (unpaired) electrons. The Morgan fingerprint density at radius 1 is 1.20 bits per heavy atom. The summed E-state index contributed by atoms with van der Waals surface area (Å²) in [7, 11) is 0. The molecule has 0 heterocycles. The molecule has 4 nitrogen and oxygen atoms in total. The molecule has 2 N–H and O–H groups in total. The standard InChI is InChI=1S/C19H19ClFNO3/c1-12(9-13-3-2-4-16(21)10-13)19(25)22-17(11-18(23)24)14-5-7-15(20)8-6-14/h2-8,10,12,17H,9,11H2,1H3,(H,22,25)(H,23,24)/t12?,17-/m0/s1. The second-order valence-corrected chi connectivity index (χ2v) is 6.38. The fourth-order valence-corrected chi connectivity index (χ4v) is 2.67. The van der Waals surface area contributed by atoms with Gasteiger partial charge in [-0.3, -0.25) is 9.59 Å². The van der Waals surface area contributed by atoms with Crippen LogP contribution in [0.5, 0.6) is 0 Å². The number of amides is 1. The zero-order valence-electron chi connectivity index (χ0n) is 13.7. The molecule has 0 spiro atoms. The van der Waals surface area contributed by atoms with Gasteiger partial charge in [0.05, 0.1) is 12.5 Å². The lowest BCUT2D eigenvalue weighted by atomic mass is 9.98. The van der Waals surface area contributed by atoms with E-state index in [0.717, 1.165) is 0 Å². The molecule has 0 aliphatic heterocycles. The summed E-state index contributed by atoms with van der Waals surface area (Å²) in [6, 6.07) is 12.1. The van der Waals surface area contributed by atoms with Crippen LogP contribution in [0, 0.1) is 11.7 Å². The first-order valence-electron chi connectivity index (χ1n) is 7.87. The smallest absolute Gasteiger partial charge is 0.305 e. The number of carboxylic acids is 1. The monoisotopic (exact) mass is 363 g/mol. The number of hydrogen-bond donors (Lipinski definition) is 2. The van der Waals surface area contributed by atoms with Crippen molar-refractivity contribution in [3.8, 4) is 0 Å². The Kier molecular flexibility index (Phi) is 6.53. The Hall–Kier alpha value is -2.40. The zero-order chi connectivity index (χ0) is 18.4. The van der Waals surface area contributed by atoms with Crippen LogP contribution in [0.4, 0.5) is 4.39 Å². The van der Waals surface area contributed by atoms with E-state index in [2.05, 4.69) is 5.32 Å². The highest BCUT2D eigenvalue weighted by atomic mass is 35.5. The molecule has 2 atom stereocenters. The Bertz CT molecular complexity index is 749. The molecule has 0 saturated carbocycles. The van der Waals surface area contributed by atoms with Crippen LogP contribution in [0.2, 0.25) is 5.02 Å². The van der Waals surface area contributed by atoms with Gasteiger partial charge in [-0.25, -0.2) is 4.39 Å². The highest BCUT2D eigenvalue weighted by Gasteiger charge is 2.21. The zero-order valence-corrected chi connectivity index (χ0v) is 14.5. The van der Waals surface area contributed by atoms with Gasteiger partial charge in [-0.1, -0.05) is 42.8 Å². The molecular weight excluding hydrogens is 345 g/mol. The Balaban J connectivity index is 2.07. The van der Waals surface area contributed by atoms with Gasteiger partial charge >= 0.3 is 5.97 Å². The maximum Gasteiger partial charge on any atom is 0.305 e. The van der Waals surface area contributed by atoms with Gasteiger partial charge in [0.15, 0.2) is 0 Å². The van der Waals surface area contributed by atoms with E-state index in [1.807, 2.05) is 0 Å². The van der Waals surface area contributed by atoms with Crippen molar-refractivity contribution in [2.45, 2.75) is 25.8 Å². The van der Waals surface area contributed by atoms with Gasteiger partial charge in [0, 0.05) is 10.9 Å². The molecule has 2 aromatic rings. The van der Waals surface area contributed by atoms with Gasteiger partial charge in [-0.15, -0.1) is 0 Å². The van der Waals surface area contributed by atoms with E-state index in [4.69, 9.17) is 16.7 Å². The molecular formula is C19H19ClFNO3. The number of carbonyl (C=O) groups excluding carboxylic acids is 1. The second kappa shape index (κ2) is 8.62. The summed E-state index contributed by atoms with van der Waals surface area (Å²) >= 11 is 5.85. The van der Waals surface area contributed by atoms with Gasteiger partial charge < -0.3 is 10.4 Å². The van der Waals surface area contributed by atoms with Crippen LogP contribution >= 0.6 is 11.6 Å². The van der Waals surface area contributed by atoms with Crippen molar-refractivity contribution in [2.24, 2.45) is 5.92 Å². The van der Waals surface area contributed by atoms with E-state index in [-0.39, 0.29) is 18.1 Å². The second-order valence-electron chi connectivity index (χ2n) is 5.95. The Morgan fingerprint density at radius 2 is 1.88 bits per heavy atom. The number of benzene rings is 2. The fourth-order valence-electron chi connectivity index (χ4n) is 2.55. The Labute approximate surface area is 150 Å². The molecule has 132 valence electrons. The molecule has 0 fully saturated rings. The van der Waals surface area contributed by atoms with Crippen LogP contribution in [-0.4, -0.2) is 17.0 Å². The molecule has 0 aliphatic rings. The van der Waals surface area contributed by atoms with Crippen LogP contribution in [0.1, 0.15) is 30.5 Å². The minimum Gasteiger partial charge on any atom is -0.481 e. The van der Waals surface area contributed by atoms with Crippen molar-refractivity contribution in [3.63, 3.8) is 0 Å². The first-order chi connectivity index (χ1) is 11.8. The van der Waals surface area contributed by atoms with Gasteiger partial charge in [0.25, 0.3) is 0 Å². The van der Waals surface area contributed by atoms with E-state index < -0.39 is 17.9 Å². The highest BCUT2D eigenvalue weighted by Crippen LogP contribution is 2.21. The molecule has 0 aliphatic carbocycles. The number of halogens is 2. The van der Waals surface area contributed by atoms with Crippen LogP contribution < -0.4 is 5.32 Å². The topological polar surface area (TPSA) is 66.4 Å². The summed E-state index contributed by atoms with van der Waals surface area (Å²) in [5.41, 5.74) is 1.38. The lowest BCUT2D eigenvalue weighted by Crippen LogP contribution is -2.34. The van der Waals surface area contributed by atoms with Gasteiger partial charge in [-0.2, -0.15) is 0 Å². The number of rotatable bonds is 7. The largest absolute Gasteiger partial charge is 0.481 e. The van der Waals surface area contributed by atoms with Crippen molar-refractivity contribution in [1.82, 2.24) is 5.32 Å². The normalized spacial score (nSPS) is 13.1. The van der Waals surface area contributed by atoms with Crippen molar-refractivity contribution >= 4 is 23.5 Å². The lowest BCUT2D eigenvalue weighted by Gasteiger charge is -2.20. The average molecular weight is 364 g/mol. The van der Waals surface area contributed by atoms with Crippen LogP contribution in [0.3, 0.4) is 0 Å². The lowest BCUT2D eigenvalue weighted by molar-refractivity contribution is -0.137. The quantitative estimate of drug-likeness (QED) is 0.781. The summed E-state index contributed by atoms with van der Waals surface area (Å²) in [4.78, 5) is 23.6. The van der Waals surface area contributed by atoms with E-state index in [1.165, 1.54) is 12.1 Å². The van der Waals surface area contributed by atoms with Crippen molar-refractivity contribution in [3.05, 3.63) is 70.5 Å². The Morgan fingerprint density at radius 3 is 2.48 bits per heavy atom. The molecule has 1 unspecified atom stereocenters. The molecule has 2 rings (SSSR count). The molecule has 0 saturated heterocycles. The SMILES string of the molecule is CC(Cc1cccc(F)c1)C(=O)N[C@@H](CC(=O)O)c1ccc(Cl)cc1. The maximum atomic E-state index is 13.2. The maximum absolute atomic E-state index is 13.2. The molecule has 25 heavy (non-hydrogen) atoms. The number of carboxylic acid groups (broad SMARTS) is 1. The number of nitrogens with one attached hydrogen (secondary N) is 1. The highest BCUT2D eigenvalue weighted by molar-refractivity contribution is 6.30. The van der Waals surface area contributed by atoms with Crippen LogP contribution in [-0.2, 0) is 16.0 Å². The van der Waals surface area contributed by atoms with Crippen molar-refractivity contribution in [2.75, 3.05) is 0 Å². The third-order valence-corrected chi connectivity index (χ3v) is 4.10. The number of hydrogen-bond acceptors (Lipinski definition) is 2. The van der Waals surface area contributed by atoms with E-state index >= 15 is 0 Å². The van der Waals surface area contributed by atoms with E-state index in [1.54, 1.807) is 43.3 Å². The molecule has 6 heteroatoms. The van der Waals surface area contributed by atoms with Crippen molar-refractivity contribution < 1.29 is 19.1 Å². The summed E-state index contributed by atoms with van der Waals surface area (Å²) in [5.74, 6) is -2.08. The summed E-state index contributed by atoms with van der Waals surface area (Å²) < 4.78 is 13.2. The third kappa shape index (κ3) is 5.87. The van der Waals surface area contributed by atoms with E-state index in [9.17, 15) is 14.0 Å². The molecule has 1 amide bonds. The number of carbonyl (C=O) groups is 2. The first-order valence-corrected chi connectivity index (χ1v) is 8.25. The van der Waals surface area contributed by atoms with Gasteiger partial charge in [0.2, 0.25) is 5.91 Å². The summed E-state index contributed by atoms with van der Waals surface area (Å²) in [5, 5.41) is 12.4. The average Bonchev–Trinajstić information content (AvgIpc) is 2.54. The molecule has 0 aromatic heterocycles. The van der Waals surface area contributed by atoms with Crippen molar-refractivity contribution in [1.29, 1.82) is 0 Å². The van der Waals surface area contributed by atoms with Crippen LogP contribution in [0.25, 0.3) is 0 Å². The number of aliphatic carboxylic acids is 1. The van der Waals surface area contributed by atoms with Gasteiger partial charge in [-0.05, 0) is 41.8 Å². The van der Waals surface area contributed by atoms with Crippen LogP contribution in [0.15, 0.2) is 48.5 Å². The summed E-state index contributed by atoms with van der Waals surface area (Å²) in [6.07, 6.45) is 0.129. The third-order valence-electron chi connectivity index (χ3n) is 3.85. The molecule has 0 bridgehead atoms.